The Morgan fingerprint density at radius 2 is 2.14 bits per heavy atom. The van der Waals surface area contributed by atoms with E-state index in [0.717, 1.165) is 0 Å². The van der Waals surface area contributed by atoms with Crippen molar-refractivity contribution in [3.63, 3.8) is 0 Å². The maximum atomic E-state index is 11.0. The molecule has 1 unspecified atom stereocenters. The number of nitrogens with one attached hydrogen (secondary N) is 1. The Kier molecular flexibility index (Phi) is 6.74. The first kappa shape index (κ1) is 12.9. The summed E-state index contributed by atoms with van der Waals surface area (Å²) in [5.74, 6) is -0.697. The topological polar surface area (TPSA) is 75.6 Å². The highest BCUT2D eigenvalue weighted by Crippen LogP contribution is 1.94. The predicted octanol–water partition coefficient (Wildman–Crippen LogP) is -0.173. The molecule has 0 aromatic carbocycles. The lowest BCUT2D eigenvalue weighted by Gasteiger charge is -2.05. The van der Waals surface area contributed by atoms with E-state index in [1.807, 2.05) is 0 Å². The molecule has 82 valence electrons. The second-order valence-electron chi connectivity index (χ2n) is 2.97. The van der Waals surface area contributed by atoms with Crippen LogP contribution in [0.3, 0.4) is 0 Å². The molecule has 0 aliphatic heterocycles. The fourth-order valence-corrected chi connectivity index (χ4v) is 0.811. The zero-order chi connectivity index (χ0) is 11.0. The van der Waals surface area contributed by atoms with Gasteiger partial charge in [-0.3, -0.25) is 9.59 Å². The summed E-state index contributed by atoms with van der Waals surface area (Å²) in [4.78, 5) is 21.8. The summed E-state index contributed by atoms with van der Waals surface area (Å²) < 4.78 is 4.61. The second kappa shape index (κ2) is 7.32. The average Bonchev–Trinajstić information content (AvgIpc) is 2.12. The number of rotatable bonds is 6. The fourth-order valence-electron chi connectivity index (χ4n) is 0.811. The summed E-state index contributed by atoms with van der Waals surface area (Å²) in [5, 5.41) is 11.3. The van der Waals surface area contributed by atoms with Gasteiger partial charge in [0.2, 0.25) is 5.91 Å². The third-order valence-corrected chi connectivity index (χ3v) is 1.52. The van der Waals surface area contributed by atoms with Crippen LogP contribution in [0.2, 0.25) is 0 Å². The third-order valence-electron chi connectivity index (χ3n) is 1.52. The van der Waals surface area contributed by atoms with E-state index in [1.165, 1.54) is 0 Å². The van der Waals surface area contributed by atoms with Gasteiger partial charge < -0.3 is 15.2 Å². The molecule has 0 fully saturated rings. The molecule has 0 aliphatic rings. The van der Waals surface area contributed by atoms with Gasteiger partial charge in [-0.15, -0.1) is 0 Å². The number of hydrogen-bond acceptors (Lipinski definition) is 4. The van der Waals surface area contributed by atoms with Crippen molar-refractivity contribution in [3.05, 3.63) is 0 Å². The molecular formula is C9H17NO4. The van der Waals surface area contributed by atoms with Gasteiger partial charge in [0.25, 0.3) is 0 Å². The second-order valence-corrected chi connectivity index (χ2v) is 2.97. The Labute approximate surface area is 83.4 Å². The summed E-state index contributed by atoms with van der Waals surface area (Å²) in [7, 11) is 0. The van der Waals surface area contributed by atoms with Crippen LogP contribution < -0.4 is 5.32 Å². The van der Waals surface area contributed by atoms with Gasteiger partial charge in [0.15, 0.2) is 0 Å². The predicted molar refractivity (Wildman–Crippen MR) is 50.6 cm³/mol. The van der Waals surface area contributed by atoms with E-state index < -0.39 is 12.1 Å². The number of carbonyl (C=O) groups is 2. The lowest BCUT2D eigenvalue weighted by Crippen LogP contribution is -2.30. The molecule has 1 amide bonds. The van der Waals surface area contributed by atoms with Crippen LogP contribution in [0.1, 0.15) is 26.7 Å². The molecular weight excluding hydrogens is 186 g/mol. The van der Waals surface area contributed by atoms with E-state index in [-0.39, 0.29) is 18.9 Å². The molecule has 0 heterocycles. The van der Waals surface area contributed by atoms with Crippen molar-refractivity contribution in [2.45, 2.75) is 32.8 Å². The van der Waals surface area contributed by atoms with Gasteiger partial charge in [0.1, 0.15) is 6.54 Å². The maximum Gasteiger partial charge on any atom is 0.325 e. The quantitative estimate of drug-likeness (QED) is 0.587. The Hall–Kier alpha value is -1.10. The Morgan fingerprint density at radius 3 is 2.64 bits per heavy atom. The summed E-state index contributed by atoms with van der Waals surface area (Å²) in [6.45, 7) is 3.51. The molecule has 5 heteroatoms. The van der Waals surface area contributed by atoms with Gasteiger partial charge in [-0.05, 0) is 20.3 Å². The van der Waals surface area contributed by atoms with E-state index >= 15 is 0 Å². The first-order valence-electron chi connectivity index (χ1n) is 4.66. The summed E-state index contributed by atoms with van der Waals surface area (Å²) in [5.41, 5.74) is 0. The Balaban J connectivity index is 3.48. The SMILES string of the molecule is CCOC(=O)CNC(=O)CCC(C)O. The van der Waals surface area contributed by atoms with E-state index in [2.05, 4.69) is 10.1 Å². The first-order valence-corrected chi connectivity index (χ1v) is 4.66. The number of aliphatic hydroxyl groups is 1. The van der Waals surface area contributed by atoms with Crippen LogP contribution in [0, 0.1) is 0 Å². The van der Waals surface area contributed by atoms with E-state index in [0.29, 0.717) is 13.0 Å². The molecule has 0 radical (unpaired) electrons. The molecule has 0 spiro atoms. The van der Waals surface area contributed by atoms with Crippen LogP contribution in [0.5, 0.6) is 0 Å². The average molecular weight is 203 g/mol. The summed E-state index contributed by atoms with van der Waals surface area (Å²) in [6, 6.07) is 0. The van der Waals surface area contributed by atoms with Crippen LogP contribution in [-0.4, -0.2) is 36.2 Å². The maximum absolute atomic E-state index is 11.0. The van der Waals surface area contributed by atoms with E-state index in [1.54, 1.807) is 13.8 Å². The number of esters is 1. The zero-order valence-electron chi connectivity index (χ0n) is 8.58. The number of aliphatic hydroxyl groups excluding tert-OH is 1. The molecule has 0 aromatic rings. The van der Waals surface area contributed by atoms with Gasteiger partial charge in [0, 0.05) is 6.42 Å². The molecule has 0 bridgehead atoms. The van der Waals surface area contributed by atoms with Crippen LogP contribution >= 0.6 is 0 Å². The standard InChI is InChI=1S/C9H17NO4/c1-3-14-9(13)6-10-8(12)5-4-7(2)11/h7,11H,3-6H2,1-2H3,(H,10,12). The Bertz CT molecular complexity index is 191. The molecule has 0 rings (SSSR count). The minimum atomic E-state index is -0.497. The van der Waals surface area contributed by atoms with Crippen molar-refractivity contribution in [1.29, 1.82) is 0 Å². The molecule has 0 aliphatic carbocycles. The lowest BCUT2D eigenvalue weighted by molar-refractivity contribution is -0.143. The highest BCUT2D eigenvalue weighted by Gasteiger charge is 2.06. The molecule has 0 aromatic heterocycles. The molecule has 0 saturated heterocycles. The van der Waals surface area contributed by atoms with Crippen molar-refractivity contribution in [3.8, 4) is 0 Å². The van der Waals surface area contributed by atoms with Crippen LogP contribution in [-0.2, 0) is 14.3 Å². The van der Waals surface area contributed by atoms with Gasteiger partial charge in [-0.1, -0.05) is 0 Å². The number of carbonyl (C=O) groups excluding carboxylic acids is 2. The Morgan fingerprint density at radius 1 is 1.50 bits per heavy atom. The summed E-state index contributed by atoms with van der Waals surface area (Å²) >= 11 is 0. The third kappa shape index (κ3) is 7.54. The van der Waals surface area contributed by atoms with Crippen molar-refractivity contribution < 1.29 is 19.4 Å². The van der Waals surface area contributed by atoms with Crippen LogP contribution in [0.4, 0.5) is 0 Å². The number of hydrogen-bond donors (Lipinski definition) is 2. The first-order chi connectivity index (χ1) is 6.56. The van der Waals surface area contributed by atoms with Crippen LogP contribution in [0.15, 0.2) is 0 Å². The largest absolute Gasteiger partial charge is 0.465 e. The molecule has 2 N–H and O–H groups in total. The van der Waals surface area contributed by atoms with Gasteiger partial charge in [-0.2, -0.15) is 0 Å². The number of amides is 1. The summed E-state index contributed by atoms with van der Waals surface area (Å²) in [6.07, 6.45) is 0.120. The minimum absolute atomic E-state index is 0.105. The minimum Gasteiger partial charge on any atom is -0.465 e. The molecule has 5 nitrogen and oxygen atoms in total. The molecule has 14 heavy (non-hydrogen) atoms. The van der Waals surface area contributed by atoms with Crippen molar-refractivity contribution >= 4 is 11.9 Å². The monoisotopic (exact) mass is 203 g/mol. The normalized spacial score (nSPS) is 11.9. The van der Waals surface area contributed by atoms with E-state index in [9.17, 15) is 9.59 Å². The van der Waals surface area contributed by atoms with Crippen LogP contribution in [0.25, 0.3) is 0 Å². The molecule has 1 atom stereocenters. The fraction of sp³-hybridized carbons (Fsp3) is 0.778. The van der Waals surface area contributed by atoms with Gasteiger partial charge in [-0.25, -0.2) is 0 Å². The lowest BCUT2D eigenvalue weighted by atomic mass is 10.2. The smallest absolute Gasteiger partial charge is 0.325 e. The van der Waals surface area contributed by atoms with E-state index in [4.69, 9.17) is 5.11 Å². The highest BCUT2D eigenvalue weighted by atomic mass is 16.5. The molecule has 0 saturated carbocycles. The van der Waals surface area contributed by atoms with Gasteiger partial charge >= 0.3 is 5.97 Å². The van der Waals surface area contributed by atoms with Crippen molar-refractivity contribution in [2.24, 2.45) is 0 Å². The van der Waals surface area contributed by atoms with Crippen molar-refractivity contribution in [1.82, 2.24) is 5.32 Å². The highest BCUT2D eigenvalue weighted by molar-refractivity contribution is 5.81. The zero-order valence-corrected chi connectivity index (χ0v) is 8.58. The van der Waals surface area contributed by atoms with Gasteiger partial charge in [0.05, 0.1) is 12.7 Å². The number of ether oxygens (including phenoxy) is 1. The van der Waals surface area contributed by atoms with Crippen molar-refractivity contribution in [2.75, 3.05) is 13.2 Å².